The van der Waals surface area contributed by atoms with Crippen LogP contribution in [0.15, 0.2) is 0 Å². The molecule has 0 aromatic heterocycles. The summed E-state index contributed by atoms with van der Waals surface area (Å²) in [6, 6.07) is 0. The molecule has 2 aliphatic rings. The summed E-state index contributed by atoms with van der Waals surface area (Å²) in [5.41, 5.74) is 0.618. The van der Waals surface area contributed by atoms with Gasteiger partial charge in [-0.1, -0.05) is 26.7 Å². The lowest BCUT2D eigenvalue weighted by atomic mass is 9.78. The summed E-state index contributed by atoms with van der Waals surface area (Å²) < 4.78 is 5.39. The third-order valence-electron chi connectivity index (χ3n) is 4.94. The van der Waals surface area contributed by atoms with Crippen molar-refractivity contribution in [2.24, 2.45) is 11.3 Å². The first-order chi connectivity index (χ1) is 9.70. The molecule has 0 radical (unpaired) electrons. The van der Waals surface area contributed by atoms with E-state index in [0.29, 0.717) is 5.41 Å². The average molecular weight is 282 g/mol. The summed E-state index contributed by atoms with van der Waals surface area (Å²) in [6.45, 7) is 12.5. The van der Waals surface area contributed by atoms with E-state index < -0.39 is 0 Å². The summed E-state index contributed by atoms with van der Waals surface area (Å²) in [5, 5.41) is 3.76. The molecule has 1 aliphatic carbocycles. The van der Waals surface area contributed by atoms with Crippen molar-refractivity contribution in [3.63, 3.8) is 0 Å². The average Bonchev–Trinajstić information content (AvgIpc) is 2.87. The van der Waals surface area contributed by atoms with Gasteiger partial charge in [0, 0.05) is 19.6 Å². The van der Waals surface area contributed by atoms with Gasteiger partial charge in [0.2, 0.25) is 0 Å². The summed E-state index contributed by atoms with van der Waals surface area (Å²) >= 11 is 0. The molecule has 0 atom stereocenters. The Balaban J connectivity index is 1.58. The van der Waals surface area contributed by atoms with Crippen LogP contribution in [0.1, 0.15) is 52.4 Å². The molecule has 0 spiro atoms. The molecular formula is C17H34N2O. The third kappa shape index (κ3) is 5.34. The van der Waals surface area contributed by atoms with Gasteiger partial charge >= 0.3 is 0 Å². The highest BCUT2D eigenvalue weighted by Gasteiger charge is 2.33. The zero-order chi connectivity index (χ0) is 14.3. The fourth-order valence-electron chi connectivity index (χ4n) is 4.05. The van der Waals surface area contributed by atoms with Crippen LogP contribution < -0.4 is 5.32 Å². The van der Waals surface area contributed by atoms with E-state index in [9.17, 15) is 0 Å². The van der Waals surface area contributed by atoms with Crippen LogP contribution in [-0.2, 0) is 4.74 Å². The highest BCUT2D eigenvalue weighted by Crippen LogP contribution is 2.42. The van der Waals surface area contributed by atoms with Crippen LogP contribution in [0.2, 0.25) is 0 Å². The Bertz CT molecular complexity index is 256. The maximum Gasteiger partial charge on any atom is 0.0594 e. The summed E-state index contributed by atoms with van der Waals surface area (Å²) in [5.74, 6) is 0.836. The lowest BCUT2D eigenvalue weighted by molar-refractivity contribution is 0.0373. The quantitative estimate of drug-likeness (QED) is 0.693. The molecule has 0 aromatic carbocycles. The van der Waals surface area contributed by atoms with Crippen molar-refractivity contribution in [3.05, 3.63) is 0 Å². The van der Waals surface area contributed by atoms with E-state index in [-0.39, 0.29) is 0 Å². The van der Waals surface area contributed by atoms with E-state index in [0.717, 1.165) is 32.2 Å². The fraction of sp³-hybridized carbons (Fsp3) is 1.00. The Morgan fingerprint density at radius 1 is 1.15 bits per heavy atom. The van der Waals surface area contributed by atoms with E-state index >= 15 is 0 Å². The Morgan fingerprint density at radius 3 is 2.50 bits per heavy atom. The number of nitrogens with one attached hydrogen (secondary N) is 1. The monoisotopic (exact) mass is 282 g/mol. The predicted molar refractivity (Wildman–Crippen MR) is 85.1 cm³/mol. The van der Waals surface area contributed by atoms with Crippen LogP contribution in [0.4, 0.5) is 0 Å². The first-order valence-electron chi connectivity index (χ1n) is 8.71. The lowest BCUT2D eigenvalue weighted by Gasteiger charge is -2.31. The van der Waals surface area contributed by atoms with Crippen LogP contribution in [-0.4, -0.2) is 50.8 Å². The second kappa shape index (κ2) is 8.35. The van der Waals surface area contributed by atoms with Gasteiger partial charge in [0.25, 0.3) is 0 Å². The SMILES string of the molecule is CC(C)CC1(CNCCCN2CCOCC2)CCCC1. The number of hydrogen-bond acceptors (Lipinski definition) is 3. The summed E-state index contributed by atoms with van der Waals surface area (Å²) in [6.07, 6.45) is 8.47. The van der Waals surface area contributed by atoms with Crippen molar-refractivity contribution in [2.45, 2.75) is 52.4 Å². The Hall–Kier alpha value is -0.120. The van der Waals surface area contributed by atoms with E-state index in [1.54, 1.807) is 0 Å². The fourth-order valence-corrected chi connectivity index (χ4v) is 4.05. The smallest absolute Gasteiger partial charge is 0.0594 e. The van der Waals surface area contributed by atoms with Gasteiger partial charge in [0.1, 0.15) is 0 Å². The van der Waals surface area contributed by atoms with E-state index in [2.05, 4.69) is 24.1 Å². The van der Waals surface area contributed by atoms with Crippen molar-refractivity contribution in [1.29, 1.82) is 0 Å². The normalized spacial score (nSPS) is 23.6. The van der Waals surface area contributed by atoms with Crippen LogP contribution in [0.3, 0.4) is 0 Å². The van der Waals surface area contributed by atoms with Crippen molar-refractivity contribution < 1.29 is 4.74 Å². The van der Waals surface area contributed by atoms with Gasteiger partial charge in [-0.05, 0) is 50.1 Å². The maximum absolute atomic E-state index is 5.39. The van der Waals surface area contributed by atoms with Gasteiger partial charge in [-0.15, -0.1) is 0 Å². The number of rotatable bonds is 8. The molecule has 1 saturated carbocycles. The number of nitrogens with zero attached hydrogens (tertiary/aromatic N) is 1. The minimum atomic E-state index is 0.618. The molecule has 1 aliphatic heterocycles. The maximum atomic E-state index is 5.39. The van der Waals surface area contributed by atoms with Crippen LogP contribution in [0.25, 0.3) is 0 Å². The van der Waals surface area contributed by atoms with Gasteiger partial charge in [-0.25, -0.2) is 0 Å². The molecule has 1 N–H and O–H groups in total. The van der Waals surface area contributed by atoms with Gasteiger partial charge in [-0.2, -0.15) is 0 Å². The molecule has 2 rings (SSSR count). The molecule has 0 aromatic rings. The molecule has 1 heterocycles. The van der Waals surface area contributed by atoms with Gasteiger partial charge in [0.15, 0.2) is 0 Å². The minimum absolute atomic E-state index is 0.618. The van der Waals surface area contributed by atoms with Crippen molar-refractivity contribution in [3.8, 4) is 0 Å². The third-order valence-corrected chi connectivity index (χ3v) is 4.94. The summed E-state index contributed by atoms with van der Waals surface area (Å²) in [4.78, 5) is 2.53. The van der Waals surface area contributed by atoms with Crippen LogP contribution >= 0.6 is 0 Å². The Labute approximate surface area is 125 Å². The first kappa shape index (κ1) is 16.3. The lowest BCUT2D eigenvalue weighted by Crippen LogP contribution is -2.39. The minimum Gasteiger partial charge on any atom is -0.379 e. The number of ether oxygens (including phenoxy) is 1. The van der Waals surface area contributed by atoms with Crippen LogP contribution in [0.5, 0.6) is 0 Å². The molecule has 1 saturated heterocycles. The Morgan fingerprint density at radius 2 is 1.85 bits per heavy atom. The second-order valence-electron chi connectivity index (χ2n) is 7.29. The molecule has 3 nitrogen and oxygen atoms in total. The molecule has 2 fully saturated rings. The molecule has 0 unspecified atom stereocenters. The van der Waals surface area contributed by atoms with E-state index in [1.165, 1.54) is 58.2 Å². The molecule has 20 heavy (non-hydrogen) atoms. The van der Waals surface area contributed by atoms with Gasteiger partial charge < -0.3 is 10.1 Å². The molecule has 118 valence electrons. The topological polar surface area (TPSA) is 24.5 Å². The Kier molecular flexibility index (Phi) is 6.79. The van der Waals surface area contributed by atoms with Crippen molar-refractivity contribution >= 4 is 0 Å². The van der Waals surface area contributed by atoms with Crippen LogP contribution in [0, 0.1) is 11.3 Å². The van der Waals surface area contributed by atoms with Crippen molar-refractivity contribution in [1.82, 2.24) is 10.2 Å². The molecule has 0 bridgehead atoms. The molecular weight excluding hydrogens is 248 g/mol. The standard InChI is InChI=1S/C17H34N2O/c1-16(2)14-17(6-3-4-7-17)15-18-8-5-9-19-10-12-20-13-11-19/h16,18H,3-15H2,1-2H3. The largest absolute Gasteiger partial charge is 0.379 e. The molecule has 3 heteroatoms. The zero-order valence-electron chi connectivity index (χ0n) is 13.6. The van der Waals surface area contributed by atoms with Gasteiger partial charge in [0.05, 0.1) is 13.2 Å². The first-order valence-corrected chi connectivity index (χ1v) is 8.71. The number of hydrogen-bond donors (Lipinski definition) is 1. The van der Waals surface area contributed by atoms with E-state index in [4.69, 9.17) is 4.74 Å². The van der Waals surface area contributed by atoms with Gasteiger partial charge in [-0.3, -0.25) is 4.90 Å². The molecule has 0 amide bonds. The highest BCUT2D eigenvalue weighted by molar-refractivity contribution is 4.87. The van der Waals surface area contributed by atoms with E-state index in [1.807, 2.05) is 0 Å². The number of morpholine rings is 1. The second-order valence-corrected chi connectivity index (χ2v) is 7.29. The predicted octanol–water partition coefficient (Wildman–Crippen LogP) is 2.90. The summed E-state index contributed by atoms with van der Waals surface area (Å²) in [7, 11) is 0. The zero-order valence-corrected chi connectivity index (χ0v) is 13.6. The van der Waals surface area contributed by atoms with Crippen molar-refractivity contribution in [2.75, 3.05) is 45.9 Å². The highest BCUT2D eigenvalue weighted by atomic mass is 16.5.